The molecule has 0 saturated heterocycles. The molecule has 5 heteroatoms. The summed E-state index contributed by atoms with van der Waals surface area (Å²) in [5.41, 5.74) is 8.50. The van der Waals surface area contributed by atoms with Crippen molar-refractivity contribution in [2.45, 2.75) is 19.9 Å². The molecular weight excluding hydrogens is 272 g/mol. The molecule has 0 unspecified atom stereocenters. The van der Waals surface area contributed by atoms with Crippen LogP contribution in [0.15, 0.2) is 36.4 Å². The van der Waals surface area contributed by atoms with E-state index in [1.54, 1.807) is 6.07 Å². The van der Waals surface area contributed by atoms with Crippen molar-refractivity contribution in [2.24, 2.45) is 0 Å². The first-order chi connectivity index (χ1) is 9.69. The number of aryl methyl sites for hydroxylation is 1. The van der Waals surface area contributed by atoms with Gasteiger partial charge in [0.25, 0.3) is 0 Å². The molecule has 2 aromatic heterocycles. The Kier molecular flexibility index (Phi) is 3.32. The van der Waals surface area contributed by atoms with Gasteiger partial charge in [0.1, 0.15) is 11.5 Å². The summed E-state index contributed by atoms with van der Waals surface area (Å²) in [5, 5.41) is 0.710. The third-order valence-corrected chi connectivity index (χ3v) is 3.39. The van der Waals surface area contributed by atoms with E-state index in [-0.39, 0.29) is 0 Å². The van der Waals surface area contributed by atoms with Crippen LogP contribution in [0.4, 0.5) is 5.82 Å². The average molecular weight is 287 g/mol. The molecule has 0 atom stereocenters. The third kappa shape index (κ3) is 2.23. The zero-order chi connectivity index (χ0) is 14.1. The topological polar surface area (TPSA) is 56.7 Å². The lowest BCUT2D eigenvalue weighted by Gasteiger charge is -2.07. The van der Waals surface area contributed by atoms with Crippen LogP contribution in [-0.4, -0.2) is 14.5 Å². The molecular formula is C15H15ClN4. The van der Waals surface area contributed by atoms with Gasteiger partial charge in [0.15, 0.2) is 5.82 Å². The van der Waals surface area contributed by atoms with E-state index >= 15 is 0 Å². The summed E-state index contributed by atoms with van der Waals surface area (Å²) < 4.78 is 2.14. The number of hydrogen-bond donors (Lipinski definition) is 1. The number of fused-ring (bicyclic) bond motifs is 1. The van der Waals surface area contributed by atoms with E-state index in [0.717, 1.165) is 35.5 Å². The molecule has 0 spiro atoms. The van der Waals surface area contributed by atoms with Crippen molar-refractivity contribution in [2.75, 3.05) is 5.73 Å². The highest BCUT2D eigenvalue weighted by molar-refractivity contribution is 6.31. The zero-order valence-corrected chi connectivity index (χ0v) is 11.9. The van der Waals surface area contributed by atoms with Crippen molar-refractivity contribution < 1.29 is 0 Å². The molecule has 0 aliphatic rings. The second kappa shape index (κ2) is 5.13. The number of nitrogens with two attached hydrogens (primary N) is 1. The van der Waals surface area contributed by atoms with Crippen molar-refractivity contribution in [3.63, 3.8) is 0 Å². The van der Waals surface area contributed by atoms with Gasteiger partial charge in [-0.25, -0.2) is 9.97 Å². The van der Waals surface area contributed by atoms with Gasteiger partial charge in [-0.1, -0.05) is 24.6 Å². The summed E-state index contributed by atoms with van der Waals surface area (Å²) in [4.78, 5) is 9.04. The van der Waals surface area contributed by atoms with Crippen LogP contribution in [0.3, 0.4) is 0 Å². The van der Waals surface area contributed by atoms with E-state index in [9.17, 15) is 0 Å². The molecule has 1 aromatic carbocycles. The van der Waals surface area contributed by atoms with Gasteiger partial charge in [-0.05, 0) is 36.8 Å². The molecule has 4 nitrogen and oxygen atoms in total. The van der Waals surface area contributed by atoms with E-state index in [4.69, 9.17) is 17.3 Å². The van der Waals surface area contributed by atoms with Gasteiger partial charge in [0.05, 0.1) is 11.0 Å². The number of nitrogen functional groups attached to an aromatic ring is 1. The highest BCUT2D eigenvalue weighted by atomic mass is 35.5. The maximum absolute atomic E-state index is 6.09. The monoisotopic (exact) mass is 286 g/mol. The lowest BCUT2D eigenvalue weighted by Crippen LogP contribution is -2.01. The molecule has 3 rings (SSSR count). The SMILES string of the molecule is CCCn1c(-c2cccc(N)n2)nc2ccc(Cl)cc21. The Morgan fingerprint density at radius 2 is 2.05 bits per heavy atom. The summed E-state index contributed by atoms with van der Waals surface area (Å²) in [6, 6.07) is 11.3. The largest absolute Gasteiger partial charge is 0.384 e. The highest BCUT2D eigenvalue weighted by Crippen LogP contribution is 2.26. The van der Waals surface area contributed by atoms with E-state index in [0.29, 0.717) is 10.8 Å². The first kappa shape index (κ1) is 12.9. The number of halogens is 1. The number of anilines is 1. The Bertz CT molecular complexity index is 764. The van der Waals surface area contributed by atoms with Crippen LogP contribution in [0.25, 0.3) is 22.6 Å². The Labute approximate surface area is 122 Å². The van der Waals surface area contributed by atoms with Gasteiger partial charge in [-0.2, -0.15) is 0 Å². The van der Waals surface area contributed by atoms with Crippen molar-refractivity contribution in [1.82, 2.24) is 14.5 Å². The molecule has 2 N–H and O–H groups in total. The number of aromatic nitrogens is 3. The minimum atomic E-state index is 0.496. The second-order valence-electron chi connectivity index (χ2n) is 4.67. The standard InChI is InChI=1S/C15H15ClN4/c1-2-8-20-13-9-10(16)6-7-11(13)19-15(20)12-4-3-5-14(17)18-12/h3-7,9H,2,8H2,1H3,(H2,17,18). The first-order valence-corrected chi connectivity index (χ1v) is 6.95. The fraction of sp³-hybridized carbons (Fsp3) is 0.200. The minimum absolute atomic E-state index is 0.496. The quantitative estimate of drug-likeness (QED) is 0.798. The molecule has 0 aliphatic heterocycles. The summed E-state index contributed by atoms with van der Waals surface area (Å²) in [6.07, 6.45) is 1.01. The Balaban J connectivity index is 2.26. The normalized spacial score (nSPS) is 11.1. The second-order valence-corrected chi connectivity index (χ2v) is 5.10. The smallest absolute Gasteiger partial charge is 0.159 e. The van der Waals surface area contributed by atoms with Crippen molar-refractivity contribution in [3.05, 3.63) is 41.4 Å². The predicted octanol–water partition coefficient (Wildman–Crippen LogP) is 3.74. The number of benzene rings is 1. The van der Waals surface area contributed by atoms with Crippen molar-refractivity contribution in [1.29, 1.82) is 0 Å². The van der Waals surface area contributed by atoms with Gasteiger partial charge in [-0.15, -0.1) is 0 Å². The molecule has 0 radical (unpaired) electrons. The summed E-state index contributed by atoms with van der Waals surface area (Å²) in [6.45, 7) is 3.00. The molecule has 2 heterocycles. The lowest BCUT2D eigenvalue weighted by molar-refractivity contribution is 0.702. The third-order valence-electron chi connectivity index (χ3n) is 3.16. The van der Waals surface area contributed by atoms with Gasteiger partial charge < -0.3 is 10.3 Å². The van der Waals surface area contributed by atoms with E-state index in [1.807, 2.05) is 30.3 Å². The van der Waals surface area contributed by atoms with Gasteiger partial charge >= 0.3 is 0 Å². The molecule has 0 bridgehead atoms. The summed E-state index contributed by atoms with van der Waals surface area (Å²) in [7, 11) is 0. The van der Waals surface area contributed by atoms with Crippen molar-refractivity contribution in [3.8, 4) is 11.5 Å². The highest BCUT2D eigenvalue weighted by Gasteiger charge is 2.13. The van der Waals surface area contributed by atoms with Crippen molar-refractivity contribution >= 4 is 28.5 Å². The first-order valence-electron chi connectivity index (χ1n) is 6.57. The Hall–Kier alpha value is -2.07. The summed E-state index contributed by atoms with van der Waals surface area (Å²) >= 11 is 6.09. The fourth-order valence-corrected chi connectivity index (χ4v) is 2.48. The van der Waals surface area contributed by atoms with E-state index in [2.05, 4.69) is 21.5 Å². The maximum atomic E-state index is 6.09. The van der Waals surface area contributed by atoms with Crippen LogP contribution in [0.2, 0.25) is 5.02 Å². The minimum Gasteiger partial charge on any atom is -0.384 e. The number of imidazole rings is 1. The van der Waals surface area contributed by atoms with Crippen LogP contribution in [0.1, 0.15) is 13.3 Å². The average Bonchev–Trinajstić information content (AvgIpc) is 2.78. The fourth-order valence-electron chi connectivity index (χ4n) is 2.32. The number of rotatable bonds is 3. The molecule has 20 heavy (non-hydrogen) atoms. The van der Waals surface area contributed by atoms with Gasteiger partial charge in [-0.3, -0.25) is 0 Å². The molecule has 102 valence electrons. The maximum Gasteiger partial charge on any atom is 0.159 e. The molecule has 3 aromatic rings. The molecule has 0 fully saturated rings. The molecule has 0 amide bonds. The molecule has 0 saturated carbocycles. The Morgan fingerprint density at radius 1 is 1.20 bits per heavy atom. The Morgan fingerprint density at radius 3 is 2.80 bits per heavy atom. The lowest BCUT2D eigenvalue weighted by atomic mass is 10.3. The number of pyridine rings is 1. The van der Waals surface area contributed by atoms with E-state index < -0.39 is 0 Å². The van der Waals surface area contributed by atoms with Gasteiger partial charge in [0, 0.05) is 11.6 Å². The van der Waals surface area contributed by atoms with Crippen LogP contribution in [0.5, 0.6) is 0 Å². The van der Waals surface area contributed by atoms with Crippen LogP contribution in [0, 0.1) is 0 Å². The van der Waals surface area contributed by atoms with Gasteiger partial charge in [0.2, 0.25) is 0 Å². The van der Waals surface area contributed by atoms with Crippen LogP contribution in [-0.2, 0) is 6.54 Å². The molecule has 0 aliphatic carbocycles. The van der Waals surface area contributed by atoms with Crippen LogP contribution >= 0.6 is 11.6 Å². The predicted molar refractivity (Wildman–Crippen MR) is 82.7 cm³/mol. The van der Waals surface area contributed by atoms with Crippen LogP contribution < -0.4 is 5.73 Å². The summed E-state index contributed by atoms with van der Waals surface area (Å²) in [5.74, 6) is 1.33. The number of hydrogen-bond acceptors (Lipinski definition) is 3. The zero-order valence-electron chi connectivity index (χ0n) is 11.2. The number of nitrogens with zero attached hydrogens (tertiary/aromatic N) is 3. The van der Waals surface area contributed by atoms with E-state index in [1.165, 1.54) is 0 Å².